The number of halogens is 3. The Morgan fingerprint density at radius 1 is 0.906 bits per heavy atom. The fourth-order valence-electron chi connectivity index (χ4n) is 7.25. The molecule has 2 fully saturated rings. The molecule has 334 valence electrons. The van der Waals surface area contributed by atoms with Gasteiger partial charge < -0.3 is 29.8 Å². The Morgan fingerprint density at radius 3 is 2.44 bits per heavy atom. The van der Waals surface area contributed by atoms with Crippen LogP contribution in [0.5, 0.6) is 0 Å². The van der Waals surface area contributed by atoms with Crippen molar-refractivity contribution in [3.8, 4) is 17.1 Å². The second-order valence-electron chi connectivity index (χ2n) is 15.6. The third-order valence-electron chi connectivity index (χ3n) is 10.8. The molecule has 3 aliphatic rings. The quantitative estimate of drug-likeness (QED) is 0.0588. The van der Waals surface area contributed by atoms with E-state index in [1.54, 1.807) is 60.8 Å². The summed E-state index contributed by atoms with van der Waals surface area (Å²) < 4.78 is 60.0. The molecule has 1 unspecified atom stereocenters. The molecule has 8 rings (SSSR count). The number of aromatic nitrogens is 4. The fraction of sp³-hybridized carbons (Fsp3) is 0.364. The lowest BCUT2D eigenvalue weighted by Gasteiger charge is -2.27. The fourth-order valence-corrected chi connectivity index (χ4v) is 7.25. The van der Waals surface area contributed by atoms with E-state index in [9.17, 15) is 37.1 Å². The van der Waals surface area contributed by atoms with E-state index in [0.717, 1.165) is 39.7 Å². The molecule has 0 radical (unpaired) electrons. The Kier molecular flexibility index (Phi) is 13.2. The van der Waals surface area contributed by atoms with Gasteiger partial charge >= 0.3 is 6.18 Å². The van der Waals surface area contributed by atoms with E-state index in [2.05, 4.69) is 36.3 Å². The molecule has 1 aliphatic carbocycles. The lowest BCUT2D eigenvalue weighted by atomic mass is 10.0. The minimum absolute atomic E-state index is 0.0576. The minimum Gasteiger partial charge on any atom is -0.444 e. The van der Waals surface area contributed by atoms with Crippen molar-refractivity contribution < 1.29 is 51.0 Å². The number of alkyl halides is 3. The van der Waals surface area contributed by atoms with E-state index < -0.39 is 53.1 Å². The number of nitrogens with one attached hydrogen (secondary N) is 4. The number of carbonyl (C=O) groups is 5. The second-order valence-corrected chi connectivity index (χ2v) is 15.6. The first-order chi connectivity index (χ1) is 30.9. The normalized spacial score (nSPS) is 16.3. The first kappa shape index (κ1) is 43.9. The molecular weight excluding hydrogens is 840 g/mol. The van der Waals surface area contributed by atoms with Crippen LogP contribution in [-0.4, -0.2) is 99.7 Å². The van der Waals surface area contributed by atoms with Gasteiger partial charge in [-0.2, -0.15) is 18.3 Å². The third-order valence-corrected chi connectivity index (χ3v) is 10.8. The van der Waals surface area contributed by atoms with Gasteiger partial charge in [0.25, 0.3) is 17.7 Å². The molecule has 0 spiro atoms. The van der Waals surface area contributed by atoms with Crippen LogP contribution in [0, 0.1) is 5.92 Å². The van der Waals surface area contributed by atoms with Gasteiger partial charge in [0.15, 0.2) is 11.4 Å². The first-order valence-corrected chi connectivity index (χ1v) is 20.9. The molecule has 20 heteroatoms. The van der Waals surface area contributed by atoms with Crippen LogP contribution < -0.4 is 21.3 Å². The van der Waals surface area contributed by atoms with Crippen LogP contribution in [0.3, 0.4) is 0 Å². The Bertz CT molecular complexity index is 2540. The topological polar surface area (TPSA) is 212 Å². The molecule has 2 aromatic carbocycles. The smallest absolute Gasteiger partial charge is 0.437 e. The zero-order valence-electron chi connectivity index (χ0n) is 34.4. The molecule has 1 saturated carbocycles. The number of benzene rings is 2. The number of aryl methyl sites for hydroxylation is 1. The molecule has 5 heterocycles. The van der Waals surface area contributed by atoms with Crippen LogP contribution in [0.2, 0.25) is 0 Å². The van der Waals surface area contributed by atoms with Crippen molar-refractivity contribution in [2.45, 2.75) is 57.3 Å². The number of hydrogen-bond acceptors (Lipinski definition) is 13. The van der Waals surface area contributed by atoms with Gasteiger partial charge in [-0.25, -0.2) is 14.6 Å². The predicted octanol–water partition coefficient (Wildman–Crippen LogP) is 5.17. The molecular formula is C44H44F3N9O8. The monoisotopic (exact) mass is 883 g/mol. The van der Waals surface area contributed by atoms with Crippen LogP contribution in [0.15, 0.2) is 77.7 Å². The van der Waals surface area contributed by atoms with Crippen LogP contribution in [0.25, 0.3) is 17.1 Å². The summed E-state index contributed by atoms with van der Waals surface area (Å²) in [6, 6.07) is 14.2. The van der Waals surface area contributed by atoms with Crippen LogP contribution in [-0.2, 0) is 38.2 Å². The highest BCUT2D eigenvalue weighted by molar-refractivity contribution is 6.23. The Labute approximate surface area is 364 Å². The molecule has 64 heavy (non-hydrogen) atoms. The Balaban J connectivity index is 0.728. The summed E-state index contributed by atoms with van der Waals surface area (Å²) in [5.41, 5.74) is 1.10. The maximum atomic E-state index is 14.0. The average molecular weight is 884 g/mol. The molecule has 17 nitrogen and oxygen atoms in total. The molecule has 0 bridgehead atoms. The Hall–Kier alpha value is -6.77. The largest absolute Gasteiger partial charge is 0.444 e. The van der Waals surface area contributed by atoms with Crippen molar-refractivity contribution in [2.24, 2.45) is 5.92 Å². The predicted molar refractivity (Wildman–Crippen MR) is 222 cm³/mol. The zero-order chi connectivity index (χ0) is 44.8. The van der Waals surface area contributed by atoms with Gasteiger partial charge in [-0.05, 0) is 85.5 Å². The van der Waals surface area contributed by atoms with Gasteiger partial charge in [-0.3, -0.25) is 34.2 Å². The molecule has 5 amide bonds. The Morgan fingerprint density at radius 2 is 1.67 bits per heavy atom. The highest BCUT2D eigenvalue weighted by atomic mass is 19.4. The molecule has 5 aromatic rings. The van der Waals surface area contributed by atoms with Gasteiger partial charge in [0.05, 0.1) is 48.5 Å². The number of fused-ring (bicyclic) bond motifs is 1. The van der Waals surface area contributed by atoms with Gasteiger partial charge in [0.1, 0.15) is 18.1 Å². The number of piperidine rings is 1. The van der Waals surface area contributed by atoms with Gasteiger partial charge in [-0.15, -0.1) is 0 Å². The second kappa shape index (κ2) is 19.3. The highest BCUT2D eigenvalue weighted by Gasteiger charge is 2.44. The van der Waals surface area contributed by atoms with Crippen molar-refractivity contribution in [1.82, 2.24) is 35.3 Å². The molecule has 2 aliphatic heterocycles. The minimum atomic E-state index is -4.85. The van der Waals surface area contributed by atoms with E-state index >= 15 is 0 Å². The molecule has 1 saturated heterocycles. The summed E-state index contributed by atoms with van der Waals surface area (Å²) in [4.78, 5) is 72.2. The summed E-state index contributed by atoms with van der Waals surface area (Å²) in [5.74, 6) is -1.69. The zero-order valence-corrected chi connectivity index (χ0v) is 34.4. The molecule has 1 atom stereocenters. The van der Waals surface area contributed by atoms with Crippen molar-refractivity contribution in [3.63, 3.8) is 0 Å². The average Bonchev–Trinajstić information content (AvgIpc) is 3.68. The van der Waals surface area contributed by atoms with E-state index in [-0.39, 0.29) is 35.6 Å². The maximum Gasteiger partial charge on any atom is 0.437 e. The number of amides is 5. The van der Waals surface area contributed by atoms with E-state index in [1.165, 1.54) is 12.8 Å². The first-order valence-electron chi connectivity index (χ1n) is 20.9. The third kappa shape index (κ3) is 10.5. The number of nitrogens with zero attached hydrogens (tertiary/aromatic N) is 5. The summed E-state index contributed by atoms with van der Waals surface area (Å²) in [6.07, 6.45) is 2.67. The summed E-state index contributed by atoms with van der Waals surface area (Å²) in [6.45, 7) is 3.42. The number of pyridine rings is 1. The lowest BCUT2D eigenvalue weighted by molar-refractivity contribution is -0.140. The number of imide groups is 2. The number of hydrogen-bond donors (Lipinski definition) is 4. The lowest BCUT2D eigenvalue weighted by Crippen LogP contribution is -2.54. The summed E-state index contributed by atoms with van der Waals surface area (Å²) in [7, 11) is 0. The van der Waals surface area contributed by atoms with Crippen LogP contribution in [0.4, 0.5) is 24.7 Å². The highest BCUT2D eigenvalue weighted by Crippen LogP contribution is 2.35. The SMILES string of the molecule is O=C1CCC(N2C(=O)c3ccc(CCCOCCOCCNCc4ccc(-n5cc(NC(=O)c6coc(-c7ccnc(NCC8CC8)c7)n6)c(C(F)(F)F)n5)cc4)cc3C2=O)C(=O)N1. The van der Waals surface area contributed by atoms with Gasteiger partial charge in [0, 0.05) is 44.4 Å². The van der Waals surface area contributed by atoms with E-state index in [1.807, 2.05) is 0 Å². The van der Waals surface area contributed by atoms with Crippen LogP contribution in [0.1, 0.15) is 80.1 Å². The number of rotatable bonds is 20. The summed E-state index contributed by atoms with van der Waals surface area (Å²) in [5, 5.41) is 14.7. The molecule has 4 N–H and O–H groups in total. The van der Waals surface area contributed by atoms with Crippen molar-refractivity contribution in [2.75, 3.05) is 50.2 Å². The van der Waals surface area contributed by atoms with Crippen molar-refractivity contribution in [1.29, 1.82) is 0 Å². The molecule has 3 aromatic heterocycles. The number of oxazole rings is 1. The van der Waals surface area contributed by atoms with Crippen molar-refractivity contribution in [3.05, 3.63) is 107 Å². The van der Waals surface area contributed by atoms with E-state index in [4.69, 9.17) is 13.9 Å². The maximum absolute atomic E-state index is 14.0. The van der Waals surface area contributed by atoms with Gasteiger partial charge in [-0.1, -0.05) is 18.2 Å². The number of ether oxygens (including phenoxy) is 2. The van der Waals surface area contributed by atoms with Crippen LogP contribution >= 0.6 is 0 Å². The van der Waals surface area contributed by atoms with E-state index in [0.29, 0.717) is 75.3 Å². The number of carbonyl (C=O) groups excluding carboxylic acids is 5. The van der Waals surface area contributed by atoms with Gasteiger partial charge in [0.2, 0.25) is 17.7 Å². The summed E-state index contributed by atoms with van der Waals surface area (Å²) >= 11 is 0. The standard InChI is InChI=1S/C44H44F3N9O8/c45-44(46,47)38-33(51-39(58)34-25-64-41(52-34)29-13-14-49-36(21-29)50-23-28-3-4-28)24-55(54-38)30-8-5-27(6-9-30)22-48-15-17-63-19-18-62-16-1-2-26-7-10-31-32(20-26)43(61)56(42(31)60)35-11-12-37(57)53-40(35)59/h5-10,13-14,20-21,24-25,28,35,48H,1-4,11-12,15-19,22-23H2,(H,49,50)(H,51,58)(H,53,57,59). The van der Waals surface area contributed by atoms with Crippen molar-refractivity contribution >= 4 is 41.0 Å². The number of anilines is 2.